The molecule has 8 rings (SSSR count). The van der Waals surface area contributed by atoms with Crippen molar-refractivity contribution in [2.24, 2.45) is 0 Å². The summed E-state index contributed by atoms with van der Waals surface area (Å²) in [4.78, 5) is 18.6. The summed E-state index contributed by atoms with van der Waals surface area (Å²) in [7, 11) is 0. The molecule has 1 spiro atoms. The van der Waals surface area contributed by atoms with Crippen molar-refractivity contribution >= 4 is 72.2 Å². The molecule has 43 heavy (non-hydrogen) atoms. The van der Waals surface area contributed by atoms with E-state index >= 15 is 0 Å². The van der Waals surface area contributed by atoms with Crippen molar-refractivity contribution < 1.29 is 2.10 Å². The number of hydrogen-bond donors (Lipinski definition) is 0. The van der Waals surface area contributed by atoms with Crippen LogP contribution < -0.4 is 0 Å². The van der Waals surface area contributed by atoms with Crippen LogP contribution in [0.3, 0.4) is 0 Å². The Kier molecular flexibility index (Phi) is 7.79. The topological polar surface area (TPSA) is 71.3 Å². The average Bonchev–Trinajstić information content (AvgIpc) is 3.74. The molecule has 0 fully saturated rings. The minimum atomic E-state index is 0.472. The van der Waals surface area contributed by atoms with E-state index < -0.39 is 0 Å². The van der Waals surface area contributed by atoms with Gasteiger partial charge in [-0.3, -0.25) is 18.3 Å². The Hall–Kier alpha value is -3.18. The molecule has 9 nitrogen and oxygen atoms in total. The first-order valence-corrected chi connectivity index (χ1v) is 17.1. The molecule has 0 N–H and O–H groups in total. The highest BCUT2D eigenvalue weighted by Crippen LogP contribution is 2.71. The summed E-state index contributed by atoms with van der Waals surface area (Å²) < 4.78 is 9.84. The van der Waals surface area contributed by atoms with Crippen LogP contribution in [-0.2, 0) is 0 Å². The minimum Gasteiger partial charge on any atom is -0.257 e. The molecule has 6 aromatic rings. The molecule has 0 atom stereocenters. The van der Waals surface area contributed by atoms with Gasteiger partial charge in [0.1, 0.15) is 23.3 Å². The molecule has 0 radical (unpaired) electrons. The molecule has 0 saturated heterocycles. The molecule has 15 heteroatoms. The van der Waals surface area contributed by atoms with Gasteiger partial charge >= 0.3 is 0 Å². The Morgan fingerprint density at radius 2 is 0.721 bits per heavy atom. The molecular formula is C28H22N9S6+. The van der Waals surface area contributed by atoms with Crippen LogP contribution in [0.4, 0.5) is 0 Å². The Bertz CT molecular complexity index is 1750. The fraction of sp³-hybridized carbons (Fsp3) is 0.0714. The normalized spacial score (nSPS) is 14.3. The molecular weight excluding hydrogens is 655 g/mol. The first-order valence-electron chi connectivity index (χ1n) is 13.2. The fourth-order valence-corrected chi connectivity index (χ4v) is 12.0. The second-order valence-electron chi connectivity index (χ2n) is 8.69. The third-order valence-corrected chi connectivity index (χ3v) is 13.0. The van der Waals surface area contributed by atoms with E-state index in [4.69, 9.17) is 24.4 Å². The van der Waals surface area contributed by atoms with Crippen molar-refractivity contribution in [3.63, 3.8) is 0 Å². The smallest absolute Gasteiger partial charge is 0.193 e. The quantitative estimate of drug-likeness (QED) is 0.103. The number of hydrogen-bond acceptors (Lipinski definition) is 10. The van der Waals surface area contributed by atoms with Crippen LogP contribution in [0, 0.1) is 9.54 Å². The van der Waals surface area contributed by atoms with E-state index in [1.165, 1.54) is 0 Å². The van der Waals surface area contributed by atoms with Crippen molar-refractivity contribution in [2.75, 3.05) is 0 Å². The molecule has 214 valence electrons. The Labute approximate surface area is 275 Å². The second kappa shape index (κ2) is 11.7. The highest BCUT2D eigenvalue weighted by atomic mass is 32.3. The Morgan fingerprint density at radius 1 is 0.465 bits per heavy atom. The van der Waals surface area contributed by atoms with Crippen LogP contribution in [0.25, 0.3) is 23.3 Å². The van der Waals surface area contributed by atoms with Gasteiger partial charge in [-0.1, -0.05) is 40.2 Å². The van der Waals surface area contributed by atoms with Gasteiger partial charge in [-0.15, -0.1) is 0 Å². The van der Waals surface area contributed by atoms with Crippen molar-refractivity contribution in [1.29, 1.82) is 0 Å². The maximum atomic E-state index is 6.03. The lowest BCUT2D eigenvalue weighted by atomic mass is 10.4. The van der Waals surface area contributed by atoms with Crippen LogP contribution in [0.15, 0.2) is 118 Å². The van der Waals surface area contributed by atoms with E-state index in [1.807, 2.05) is 105 Å². The number of imidazole rings is 2. The monoisotopic (exact) mass is 676 g/mol. The Morgan fingerprint density at radius 3 is 0.930 bits per heavy atom. The van der Waals surface area contributed by atoms with E-state index in [9.17, 15) is 0 Å². The van der Waals surface area contributed by atoms with Crippen LogP contribution in [0.1, 0.15) is 13.8 Å². The summed E-state index contributed by atoms with van der Waals surface area (Å²) in [6, 6.07) is 23.4. The van der Waals surface area contributed by atoms with E-state index in [0.29, 0.717) is 11.6 Å². The Balaban J connectivity index is 0.00000147. The third-order valence-electron chi connectivity index (χ3n) is 6.25. The SMILES string of the molecule is CC.S=c1n(-c2ccccn2)c2c(n1-c1ccccn1)S[N+]1(S2)Sc2c(n(-c3ccccn3)c(=S)n2-c2ccccn2)S1. The predicted molar refractivity (Wildman–Crippen MR) is 178 cm³/mol. The van der Waals surface area contributed by atoms with Gasteiger partial charge in [-0.25, -0.2) is 19.9 Å². The van der Waals surface area contributed by atoms with Crippen molar-refractivity contribution in [3.05, 3.63) is 107 Å². The summed E-state index contributed by atoms with van der Waals surface area (Å²) in [6.07, 6.45) is 7.13. The second-order valence-corrected chi connectivity index (χ2v) is 15.3. The van der Waals surface area contributed by atoms with E-state index in [2.05, 4.69) is 19.9 Å². The van der Waals surface area contributed by atoms with Crippen molar-refractivity contribution in [3.8, 4) is 23.3 Å². The zero-order valence-electron chi connectivity index (χ0n) is 22.7. The standard InChI is InChI=1S/C26H16N9S6.C2H6/c36-25-31(17-9-1-5-13-27-17)21-22(32(25)18-10-2-6-14-28-18)39-35(38-21)40-23-24(41-35)34(20-12-4-8-16-30-20)26(37)33(23)19-11-3-7-15-29-19;1-2/h1-16H;1-2H3/q+1;. The number of quaternary nitrogens is 1. The predicted octanol–water partition coefficient (Wildman–Crippen LogP) is 8.49. The molecule has 0 unspecified atom stereocenters. The number of pyridine rings is 4. The van der Waals surface area contributed by atoms with Gasteiger partial charge in [0.2, 0.25) is 0 Å². The summed E-state index contributed by atoms with van der Waals surface area (Å²) >= 11 is 18.9. The van der Waals surface area contributed by atoms with Crippen molar-refractivity contribution in [2.45, 2.75) is 34.0 Å². The number of rotatable bonds is 4. The number of nitrogens with zero attached hydrogens (tertiary/aromatic N) is 9. The van der Waals surface area contributed by atoms with E-state index in [-0.39, 0.29) is 0 Å². The zero-order chi connectivity index (χ0) is 29.6. The van der Waals surface area contributed by atoms with Gasteiger partial charge in [-0.2, -0.15) is 0 Å². The van der Waals surface area contributed by atoms with Crippen LogP contribution in [-0.4, -0.2) is 40.3 Å². The molecule has 0 saturated carbocycles. The number of aromatic nitrogens is 8. The van der Waals surface area contributed by atoms with Crippen LogP contribution >= 0.6 is 72.2 Å². The highest BCUT2D eigenvalue weighted by Gasteiger charge is 2.58. The summed E-state index contributed by atoms with van der Waals surface area (Å²) in [6.45, 7) is 4.00. The lowest BCUT2D eigenvalue weighted by Crippen LogP contribution is -2.13. The lowest BCUT2D eigenvalue weighted by molar-refractivity contribution is -0.268. The van der Waals surface area contributed by atoms with E-state index in [1.54, 1.807) is 72.6 Å². The van der Waals surface area contributed by atoms with Gasteiger partial charge < -0.3 is 0 Å². The molecule has 0 aliphatic carbocycles. The minimum absolute atomic E-state index is 0.472. The van der Waals surface area contributed by atoms with Gasteiger partial charge in [0.25, 0.3) is 0 Å². The average molecular weight is 677 g/mol. The summed E-state index contributed by atoms with van der Waals surface area (Å²) in [5.41, 5.74) is 0. The molecule has 2 aliphatic rings. The van der Waals surface area contributed by atoms with E-state index in [0.717, 1.165) is 43.4 Å². The zero-order valence-corrected chi connectivity index (χ0v) is 27.6. The molecule has 6 aromatic heterocycles. The van der Waals surface area contributed by atoms with Gasteiger partial charge in [0.15, 0.2) is 77.4 Å². The summed E-state index contributed by atoms with van der Waals surface area (Å²) in [5.74, 6) is 3.05. The summed E-state index contributed by atoms with van der Waals surface area (Å²) in [5, 5.41) is 4.01. The molecule has 0 aromatic carbocycles. The molecule has 0 bridgehead atoms. The fourth-order valence-electron chi connectivity index (χ4n) is 4.54. The largest absolute Gasteiger partial charge is 0.257 e. The maximum Gasteiger partial charge on any atom is 0.193 e. The van der Waals surface area contributed by atoms with Crippen molar-refractivity contribution in [1.82, 2.24) is 38.2 Å². The maximum absolute atomic E-state index is 6.03. The van der Waals surface area contributed by atoms with Gasteiger partial charge in [0.05, 0.1) is 0 Å². The molecule has 0 amide bonds. The first-order chi connectivity index (χ1) is 21.1. The lowest BCUT2D eigenvalue weighted by Gasteiger charge is -2.18. The highest BCUT2D eigenvalue weighted by molar-refractivity contribution is 8.31. The van der Waals surface area contributed by atoms with Gasteiger partial charge in [-0.05, 0) is 73.0 Å². The first kappa shape index (κ1) is 28.6. The third kappa shape index (κ3) is 4.79. The van der Waals surface area contributed by atoms with Gasteiger partial charge in [0, 0.05) is 24.8 Å². The molecule has 2 aliphatic heterocycles. The molecule has 8 heterocycles. The number of fused-ring (bicyclic) bond motifs is 2. The van der Waals surface area contributed by atoms with Crippen LogP contribution in [0.2, 0.25) is 0 Å². The van der Waals surface area contributed by atoms with Crippen LogP contribution in [0.5, 0.6) is 0 Å².